The largest absolute Gasteiger partial charge is 0.0841 e. The zero-order valence-electron chi connectivity index (χ0n) is 7.27. The lowest BCUT2D eigenvalue weighted by Crippen LogP contribution is -2.08. The summed E-state index contributed by atoms with van der Waals surface area (Å²) in [5.41, 5.74) is 3.51. The molecule has 0 aromatic heterocycles. The summed E-state index contributed by atoms with van der Waals surface area (Å²) in [4.78, 5) is 0. The van der Waals surface area contributed by atoms with Gasteiger partial charge in [-0.25, -0.2) is 0 Å². The molecule has 0 saturated heterocycles. The molecule has 2 aliphatic rings. The van der Waals surface area contributed by atoms with E-state index in [1.165, 1.54) is 32.1 Å². The number of allylic oxidation sites excluding steroid dienone is 4. The zero-order chi connectivity index (χ0) is 7.68. The highest BCUT2D eigenvalue weighted by Gasteiger charge is 2.17. The molecule has 0 aromatic rings. The fourth-order valence-corrected chi connectivity index (χ4v) is 2.19. The summed E-state index contributed by atoms with van der Waals surface area (Å²) in [7, 11) is 0. The molecule has 11 heavy (non-hydrogen) atoms. The van der Waals surface area contributed by atoms with Crippen molar-refractivity contribution in [2.45, 2.75) is 39.0 Å². The summed E-state index contributed by atoms with van der Waals surface area (Å²) in [6, 6.07) is 0. The first-order chi connectivity index (χ1) is 5.36. The topological polar surface area (TPSA) is 0 Å². The van der Waals surface area contributed by atoms with Crippen LogP contribution in [0.5, 0.6) is 0 Å². The van der Waals surface area contributed by atoms with Crippen LogP contribution in [0.25, 0.3) is 0 Å². The molecule has 0 aliphatic heterocycles. The van der Waals surface area contributed by atoms with Gasteiger partial charge in [0.1, 0.15) is 0 Å². The smallest absolute Gasteiger partial charge is 0.0136 e. The third-order valence-corrected chi connectivity index (χ3v) is 2.93. The Morgan fingerprint density at radius 1 is 1.18 bits per heavy atom. The number of hydrogen-bond donors (Lipinski definition) is 0. The van der Waals surface area contributed by atoms with Crippen molar-refractivity contribution < 1.29 is 0 Å². The van der Waals surface area contributed by atoms with Gasteiger partial charge in [-0.3, -0.25) is 0 Å². The predicted molar refractivity (Wildman–Crippen MR) is 48.4 cm³/mol. The first-order valence-corrected chi connectivity index (χ1v) is 4.71. The van der Waals surface area contributed by atoms with Crippen molar-refractivity contribution in [3.63, 3.8) is 0 Å². The molecule has 1 unspecified atom stereocenters. The Morgan fingerprint density at radius 3 is 2.73 bits per heavy atom. The minimum absolute atomic E-state index is 0.945. The molecule has 60 valence electrons. The summed E-state index contributed by atoms with van der Waals surface area (Å²) < 4.78 is 0. The van der Waals surface area contributed by atoms with Crippen molar-refractivity contribution in [2.24, 2.45) is 5.92 Å². The summed E-state index contributed by atoms with van der Waals surface area (Å²) in [6.45, 7) is 2.38. The van der Waals surface area contributed by atoms with Crippen molar-refractivity contribution in [1.82, 2.24) is 0 Å². The van der Waals surface area contributed by atoms with Crippen LogP contribution in [0.1, 0.15) is 39.0 Å². The molecule has 1 atom stereocenters. The predicted octanol–water partition coefficient (Wildman–Crippen LogP) is 3.45. The lowest BCUT2D eigenvalue weighted by atomic mass is 9.80. The van der Waals surface area contributed by atoms with Crippen molar-refractivity contribution in [2.75, 3.05) is 0 Å². The monoisotopic (exact) mass is 148 g/mol. The van der Waals surface area contributed by atoms with E-state index in [9.17, 15) is 0 Å². The van der Waals surface area contributed by atoms with Gasteiger partial charge in [0.2, 0.25) is 0 Å². The minimum Gasteiger partial charge on any atom is -0.0841 e. The number of rotatable bonds is 0. The van der Waals surface area contributed by atoms with Gasteiger partial charge in [0, 0.05) is 0 Å². The van der Waals surface area contributed by atoms with Crippen LogP contribution < -0.4 is 0 Å². The molecule has 0 saturated carbocycles. The van der Waals surface area contributed by atoms with Gasteiger partial charge in [0.25, 0.3) is 0 Å². The molecule has 0 heterocycles. The van der Waals surface area contributed by atoms with E-state index in [2.05, 4.69) is 19.1 Å². The molecule has 0 heteroatoms. The van der Waals surface area contributed by atoms with E-state index in [1.54, 1.807) is 11.1 Å². The Balaban J connectivity index is 2.14. The van der Waals surface area contributed by atoms with Crippen molar-refractivity contribution in [3.05, 3.63) is 23.3 Å². The fraction of sp³-hybridized carbons (Fsp3) is 0.636. The van der Waals surface area contributed by atoms with E-state index >= 15 is 0 Å². The van der Waals surface area contributed by atoms with E-state index in [0.29, 0.717) is 0 Å². The Hall–Kier alpha value is -0.520. The second-order valence-electron chi connectivity index (χ2n) is 3.93. The molecule has 0 spiro atoms. The van der Waals surface area contributed by atoms with Crippen LogP contribution in [0.2, 0.25) is 0 Å². The van der Waals surface area contributed by atoms with E-state index in [1.807, 2.05) is 0 Å². The molecule has 0 radical (unpaired) electrons. The Labute approximate surface area is 69.0 Å². The van der Waals surface area contributed by atoms with E-state index in [0.717, 1.165) is 5.92 Å². The Morgan fingerprint density at radius 2 is 1.91 bits per heavy atom. The van der Waals surface area contributed by atoms with Crippen LogP contribution in [-0.4, -0.2) is 0 Å². The summed E-state index contributed by atoms with van der Waals surface area (Å²) in [6.07, 6.45) is 11.3. The van der Waals surface area contributed by atoms with E-state index in [-0.39, 0.29) is 0 Å². The summed E-state index contributed by atoms with van der Waals surface area (Å²) in [5, 5.41) is 0. The summed E-state index contributed by atoms with van der Waals surface area (Å²) >= 11 is 0. The molecule has 0 fully saturated rings. The molecule has 0 aromatic carbocycles. The molecular formula is C11H16. The minimum atomic E-state index is 0.945. The van der Waals surface area contributed by atoms with Gasteiger partial charge >= 0.3 is 0 Å². The van der Waals surface area contributed by atoms with Gasteiger partial charge in [0.15, 0.2) is 0 Å². The summed E-state index contributed by atoms with van der Waals surface area (Å²) in [5.74, 6) is 0.945. The highest BCUT2D eigenvalue weighted by atomic mass is 14.2. The van der Waals surface area contributed by atoms with Crippen LogP contribution in [0.4, 0.5) is 0 Å². The average molecular weight is 148 g/mol. The SMILES string of the molecule is CC1CCC2=C(CC=CC2)C1. The second-order valence-corrected chi connectivity index (χ2v) is 3.93. The highest BCUT2D eigenvalue weighted by molar-refractivity contribution is 5.26. The lowest BCUT2D eigenvalue weighted by Gasteiger charge is -2.25. The number of hydrogen-bond acceptors (Lipinski definition) is 0. The highest BCUT2D eigenvalue weighted by Crippen LogP contribution is 2.35. The standard InChI is InChI=1S/C11H16/c1-9-6-7-10-4-2-3-5-11(10)8-9/h2-3,9H,4-8H2,1H3. The Kier molecular flexibility index (Phi) is 1.85. The zero-order valence-corrected chi connectivity index (χ0v) is 7.27. The molecule has 0 N–H and O–H groups in total. The van der Waals surface area contributed by atoms with Crippen molar-refractivity contribution >= 4 is 0 Å². The Bertz CT molecular complexity index is 208. The maximum absolute atomic E-state index is 2.38. The lowest BCUT2D eigenvalue weighted by molar-refractivity contribution is 0.485. The van der Waals surface area contributed by atoms with Gasteiger partial charge in [-0.15, -0.1) is 0 Å². The van der Waals surface area contributed by atoms with Crippen LogP contribution in [0.3, 0.4) is 0 Å². The maximum atomic E-state index is 2.38. The van der Waals surface area contributed by atoms with E-state index < -0.39 is 0 Å². The van der Waals surface area contributed by atoms with E-state index in [4.69, 9.17) is 0 Å². The average Bonchev–Trinajstić information content (AvgIpc) is 2.04. The molecule has 2 rings (SSSR count). The van der Waals surface area contributed by atoms with Crippen molar-refractivity contribution in [3.8, 4) is 0 Å². The third-order valence-electron chi connectivity index (χ3n) is 2.93. The van der Waals surface area contributed by atoms with Gasteiger partial charge in [-0.05, 0) is 38.0 Å². The molecule has 0 nitrogen and oxygen atoms in total. The van der Waals surface area contributed by atoms with Gasteiger partial charge in [-0.2, -0.15) is 0 Å². The van der Waals surface area contributed by atoms with Gasteiger partial charge in [0.05, 0.1) is 0 Å². The second kappa shape index (κ2) is 2.84. The van der Waals surface area contributed by atoms with Crippen LogP contribution in [-0.2, 0) is 0 Å². The normalized spacial score (nSPS) is 30.5. The molecule has 0 bridgehead atoms. The maximum Gasteiger partial charge on any atom is -0.0136 e. The molecule has 0 amide bonds. The first kappa shape index (κ1) is 7.15. The molecular weight excluding hydrogens is 132 g/mol. The molecule has 2 aliphatic carbocycles. The first-order valence-electron chi connectivity index (χ1n) is 4.71. The third kappa shape index (κ3) is 1.40. The fourth-order valence-electron chi connectivity index (χ4n) is 2.19. The van der Waals surface area contributed by atoms with Gasteiger partial charge in [-0.1, -0.05) is 30.2 Å². The van der Waals surface area contributed by atoms with Crippen LogP contribution in [0.15, 0.2) is 23.3 Å². The quantitative estimate of drug-likeness (QED) is 0.461. The van der Waals surface area contributed by atoms with Gasteiger partial charge < -0.3 is 0 Å². The van der Waals surface area contributed by atoms with Crippen LogP contribution >= 0.6 is 0 Å². The van der Waals surface area contributed by atoms with Crippen molar-refractivity contribution in [1.29, 1.82) is 0 Å². The van der Waals surface area contributed by atoms with Crippen LogP contribution in [0, 0.1) is 5.92 Å².